The summed E-state index contributed by atoms with van der Waals surface area (Å²) in [4.78, 5) is 37.5. The Balaban J connectivity index is 2.02. The van der Waals surface area contributed by atoms with E-state index in [2.05, 4.69) is 5.32 Å². The maximum atomic E-state index is 12.7. The van der Waals surface area contributed by atoms with E-state index in [1.807, 2.05) is 0 Å². The number of nitrogens with one attached hydrogen (secondary N) is 1. The summed E-state index contributed by atoms with van der Waals surface area (Å²) in [5.41, 5.74) is -1.63. The fraction of sp³-hybridized carbons (Fsp3) is 0.118. The Hall–Kier alpha value is -3.44. The van der Waals surface area contributed by atoms with Crippen molar-refractivity contribution in [2.24, 2.45) is 0 Å². The fourth-order valence-corrected chi connectivity index (χ4v) is 3.23. The summed E-state index contributed by atoms with van der Waals surface area (Å²) in [6.07, 6.45) is 0. The summed E-state index contributed by atoms with van der Waals surface area (Å²) in [5, 5.41) is 31.8. The molecule has 2 aromatic carbocycles. The molecule has 0 aromatic heterocycles. The van der Waals surface area contributed by atoms with Crippen LogP contribution in [0.2, 0.25) is 0 Å². The van der Waals surface area contributed by atoms with Crippen molar-refractivity contribution >= 4 is 27.6 Å². The molecule has 0 bridgehead atoms. The molecule has 1 aliphatic rings. The SMILES string of the molecule is O=C(NCCS(=O)(=O)O)c1cc(O)c2c(c1)C(=O)c1cc(O)cc(O)c1C2=O. The summed E-state index contributed by atoms with van der Waals surface area (Å²) < 4.78 is 30.0. The molecule has 1 aliphatic carbocycles. The minimum atomic E-state index is -4.29. The first-order valence-electron chi connectivity index (χ1n) is 7.75. The van der Waals surface area contributed by atoms with Crippen molar-refractivity contribution < 1.29 is 42.7 Å². The minimum Gasteiger partial charge on any atom is -0.508 e. The topological polar surface area (TPSA) is 178 Å². The van der Waals surface area contributed by atoms with Crippen LogP contribution >= 0.6 is 0 Å². The number of carbonyl (C=O) groups is 3. The minimum absolute atomic E-state index is 0.236. The molecule has 2 aromatic rings. The van der Waals surface area contributed by atoms with E-state index in [9.17, 15) is 38.1 Å². The van der Waals surface area contributed by atoms with Gasteiger partial charge in [0.25, 0.3) is 16.0 Å². The third-order valence-corrected chi connectivity index (χ3v) is 4.79. The van der Waals surface area contributed by atoms with E-state index in [0.29, 0.717) is 0 Å². The summed E-state index contributed by atoms with van der Waals surface area (Å²) >= 11 is 0. The second-order valence-electron chi connectivity index (χ2n) is 6.01. The monoisotopic (exact) mass is 407 g/mol. The Kier molecular flexibility index (Phi) is 4.57. The molecule has 5 N–H and O–H groups in total. The lowest BCUT2D eigenvalue weighted by Gasteiger charge is -2.20. The molecule has 0 aliphatic heterocycles. The third kappa shape index (κ3) is 3.40. The molecular formula is C17H13NO9S. The van der Waals surface area contributed by atoms with Crippen molar-refractivity contribution in [1.82, 2.24) is 5.32 Å². The van der Waals surface area contributed by atoms with Gasteiger partial charge in [-0.15, -0.1) is 0 Å². The molecular weight excluding hydrogens is 394 g/mol. The van der Waals surface area contributed by atoms with E-state index >= 15 is 0 Å². The molecule has 10 nitrogen and oxygen atoms in total. The standard InChI is InChI=1S/C17H13NO9S/c19-8-5-10-14(12(21)6-8)16(23)13-9(15(10)22)3-7(4-11(13)20)17(24)18-1-2-28(25,26)27/h3-6,19-21H,1-2H2,(H,18,24)(H,25,26,27). The molecule has 0 saturated carbocycles. The van der Waals surface area contributed by atoms with Crippen molar-refractivity contribution in [3.8, 4) is 17.2 Å². The van der Waals surface area contributed by atoms with Crippen molar-refractivity contribution in [2.75, 3.05) is 12.3 Å². The predicted octanol–water partition coefficient (Wildman–Crippen LogP) is 0.196. The highest BCUT2D eigenvalue weighted by Gasteiger charge is 2.35. The van der Waals surface area contributed by atoms with E-state index in [1.165, 1.54) is 0 Å². The van der Waals surface area contributed by atoms with Crippen LogP contribution in [-0.2, 0) is 10.1 Å². The summed E-state index contributed by atoms with van der Waals surface area (Å²) in [6, 6.07) is 3.80. The lowest BCUT2D eigenvalue weighted by atomic mass is 9.82. The molecule has 0 spiro atoms. The van der Waals surface area contributed by atoms with E-state index in [0.717, 1.165) is 24.3 Å². The first-order valence-corrected chi connectivity index (χ1v) is 9.36. The van der Waals surface area contributed by atoms with Gasteiger partial charge in [-0.25, -0.2) is 0 Å². The van der Waals surface area contributed by atoms with Crippen LogP contribution in [-0.4, -0.2) is 58.1 Å². The molecule has 0 radical (unpaired) electrons. The Morgan fingerprint density at radius 1 is 0.893 bits per heavy atom. The molecule has 28 heavy (non-hydrogen) atoms. The third-order valence-electron chi connectivity index (χ3n) is 4.07. The average molecular weight is 407 g/mol. The van der Waals surface area contributed by atoms with Gasteiger partial charge >= 0.3 is 0 Å². The highest BCUT2D eigenvalue weighted by atomic mass is 32.2. The Morgan fingerprint density at radius 2 is 1.46 bits per heavy atom. The van der Waals surface area contributed by atoms with Gasteiger partial charge in [-0.05, 0) is 18.2 Å². The van der Waals surface area contributed by atoms with Gasteiger partial charge < -0.3 is 20.6 Å². The van der Waals surface area contributed by atoms with Crippen molar-refractivity contribution in [3.05, 3.63) is 52.1 Å². The van der Waals surface area contributed by atoms with Crippen LogP contribution in [0.15, 0.2) is 24.3 Å². The quantitative estimate of drug-likeness (QED) is 0.378. The number of phenolic OH excluding ortho intramolecular Hbond substituents is 3. The zero-order valence-corrected chi connectivity index (χ0v) is 14.8. The molecule has 0 heterocycles. The van der Waals surface area contributed by atoms with Crippen LogP contribution in [0.25, 0.3) is 0 Å². The van der Waals surface area contributed by atoms with Gasteiger partial charge in [-0.1, -0.05) is 0 Å². The van der Waals surface area contributed by atoms with Gasteiger partial charge in [0.05, 0.1) is 16.9 Å². The normalized spacial score (nSPS) is 13.0. The number of rotatable bonds is 4. The second kappa shape index (κ2) is 6.62. The number of carbonyl (C=O) groups excluding carboxylic acids is 3. The maximum absolute atomic E-state index is 12.7. The molecule has 0 unspecified atom stereocenters. The van der Waals surface area contributed by atoms with Crippen LogP contribution in [0.3, 0.4) is 0 Å². The molecule has 1 amide bonds. The lowest BCUT2D eigenvalue weighted by molar-refractivity contribution is 0.0951. The zero-order valence-electron chi connectivity index (χ0n) is 14.0. The average Bonchev–Trinajstić information content (AvgIpc) is 2.57. The first kappa shape index (κ1) is 19.3. The summed E-state index contributed by atoms with van der Waals surface area (Å²) in [5.74, 6) is -5.04. The van der Waals surface area contributed by atoms with Crippen molar-refractivity contribution in [2.45, 2.75) is 0 Å². The van der Waals surface area contributed by atoms with E-state index in [-0.39, 0.29) is 22.3 Å². The number of phenols is 3. The first-order chi connectivity index (χ1) is 13.0. The Labute approximate surface area is 157 Å². The van der Waals surface area contributed by atoms with Gasteiger partial charge in [0.1, 0.15) is 17.2 Å². The van der Waals surface area contributed by atoms with Gasteiger partial charge in [0, 0.05) is 29.3 Å². The largest absolute Gasteiger partial charge is 0.508 e. The van der Waals surface area contributed by atoms with Gasteiger partial charge in [-0.3, -0.25) is 18.9 Å². The molecule has 11 heteroatoms. The van der Waals surface area contributed by atoms with Gasteiger partial charge in [0.15, 0.2) is 5.78 Å². The van der Waals surface area contributed by atoms with Crippen LogP contribution in [0, 0.1) is 0 Å². The maximum Gasteiger partial charge on any atom is 0.266 e. The smallest absolute Gasteiger partial charge is 0.266 e. The van der Waals surface area contributed by atoms with Crippen LogP contribution in [0.5, 0.6) is 17.2 Å². The van der Waals surface area contributed by atoms with Crippen LogP contribution in [0.1, 0.15) is 42.2 Å². The molecule has 0 saturated heterocycles. The summed E-state index contributed by atoms with van der Waals surface area (Å²) in [6.45, 7) is -0.424. The number of aromatic hydroxyl groups is 3. The predicted molar refractivity (Wildman–Crippen MR) is 93.5 cm³/mol. The Morgan fingerprint density at radius 3 is 2.07 bits per heavy atom. The lowest BCUT2D eigenvalue weighted by Crippen LogP contribution is -2.29. The molecule has 3 rings (SSSR count). The number of benzene rings is 2. The molecule has 0 fully saturated rings. The zero-order chi connectivity index (χ0) is 20.8. The van der Waals surface area contributed by atoms with Crippen molar-refractivity contribution in [1.29, 1.82) is 0 Å². The second-order valence-corrected chi connectivity index (χ2v) is 7.58. The van der Waals surface area contributed by atoms with Gasteiger partial charge in [0.2, 0.25) is 5.78 Å². The fourth-order valence-electron chi connectivity index (χ4n) is 2.87. The Bertz CT molecular complexity index is 1150. The highest BCUT2D eigenvalue weighted by molar-refractivity contribution is 7.85. The molecule has 0 atom stereocenters. The van der Waals surface area contributed by atoms with E-state index in [1.54, 1.807) is 0 Å². The number of hydrogen-bond donors (Lipinski definition) is 5. The molecule has 146 valence electrons. The van der Waals surface area contributed by atoms with E-state index < -0.39 is 62.7 Å². The van der Waals surface area contributed by atoms with Crippen molar-refractivity contribution in [3.63, 3.8) is 0 Å². The van der Waals surface area contributed by atoms with Gasteiger partial charge in [-0.2, -0.15) is 8.42 Å². The van der Waals surface area contributed by atoms with E-state index in [4.69, 9.17) is 4.55 Å². The van der Waals surface area contributed by atoms with Crippen LogP contribution < -0.4 is 5.32 Å². The number of amides is 1. The highest BCUT2D eigenvalue weighted by Crippen LogP contribution is 2.39. The number of ketones is 2. The van der Waals surface area contributed by atoms with Crippen LogP contribution in [0.4, 0.5) is 0 Å². The summed E-state index contributed by atoms with van der Waals surface area (Å²) in [7, 11) is -4.29. The number of hydrogen-bond acceptors (Lipinski definition) is 8. The number of fused-ring (bicyclic) bond motifs is 2.